The summed E-state index contributed by atoms with van der Waals surface area (Å²) in [5.41, 5.74) is 2.30. The number of fused-ring (bicyclic) bond motifs is 1. The summed E-state index contributed by atoms with van der Waals surface area (Å²) in [5, 5.41) is 2.75. The van der Waals surface area contributed by atoms with Gasteiger partial charge in [-0.1, -0.05) is 57.2 Å². The number of benzene rings is 2. The molecule has 7 nitrogen and oxygen atoms in total. The van der Waals surface area contributed by atoms with Crippen molar-refractivity contribution in [1.29, 1.82) is 0 Å². The summed E-state index contributed by atoms with van der Waals surface area (Å²) in [6, 6.07) is 15.2. The summed E-state index contributed by atoms with van der Waals surface area (Å²) in [6.07, 6.45) is 1.12. The predicted octanol–water partition coefficient (Wildman–Crippen LogP) is 3.49. The van der Waals surface area contributed by atoms with Crippen LogP contribution in [0.3, 0.4) is 0 Å². The summed E-state index contributed by atoms with van der Waals surface area (Å²) < 4.78 is 16.2. The summed E-state index contributed by atoms with van der Waals surface area (Å²) in [7, 11) is 2.99. The van der Waals surface area contributed by atoms with Crippen molar-refractivity contribution < 1.29 is 23.8 Å². The van der Waals surface area contributed by atoms with Crippen LogP contribution in [0.5, 0.6) is 5.75 Å². The van der Waals surface area contributed by atoms with E-state index < -0.39 is 6.29 Å². The van der Waals surface area contributed by atoms with Crippen LogP contribution in [0.1, 0.15) is 31.9 Å². The third-order valence-electron chi connectivity index (χ3n) is 5.18. The van der Waals surface area contributed by atoms with Gasteiger partial charge in [0.15, 0.2) is 17.8 Å². The Labute approximate surface area is 189 Å². The van der Waals surface area contributed by atoms with Crippen molar-refractivity contribution >= 4 is 23.6 Å². The molecule has 170 valence electrons. The Morgan fingerprint density at radius 3 is 2.44 bits per heavy atom. The number of amides is 2. The first-order chi connectivity index (χ1) is 15.2. The molecule has 3 rings (SSSR count). The van der Waals surface area contributed by atoms with Crippen molar-refractivity contribution in [1.82, 2.24) is 5.32 Å². The van der Waals surface area contributed by atoms with E-state index in [0.717, 1.165) is 11.1 Å². The van der Waals surface area contributed by atoms with Gasteiger partial charge in [-0.15, -0.1) is 0 Å². The van der Waals surface area contributed by atoms with Gasteiger partial charge in [0.05, 0.1) is 12.2 Å². The minimum Gasteiger partial charge on any atom is -0.449 e. The van der Waals surface area contributed by atoms with Gasteiger partial charge in [-0.05, 0) is 34.8 Å². The third-order valence-corrected chi connectivity index (χ3v) is 5.18. The van der Waals surface area contributed by atoms with Crippen LogP contribution in [-0.2, 0) is 24.5 Å². The number of hydrogen-bond acceptors (Lipinski definition) is 5. The van der Waals surface area contributed by atoms with E-state index in [1.165, 1.54) is 19.1 Å². The van der Waals surface area contributed by atoms with Crippen LogP contribution >= 0.6 is 0 Å². The van der Waals surface area contributed by atoms with E-state index >= 15 is 0 Å². The highest BCUT2D eigenvalue weighted by Gasteiger charge is 2.33. The molecule has 0 bridgehead atoms. The van der Waals surface area contributed by atoms with Crippen molar-refractivity contribution in [3.8, 4) is 5.75 Å². The first-order valence-electron chi connectivity index (χ1n) is 10.5. The van der Waals surface area contributed by atoms with E-state index in [4.69, 9.17) is 14.2 Å². The number of hydrogen-bond donors (Lipinski definition) is 1. The number of methoxy groups -OCH3 is 2. The average Bonchev–Trinajstić information content (AvgIpc) is 2.77. The summed E-state index contributed by atoms with van der Waals surface area (Å²) in [5.74, 6) is -0.0194. The van der Waals surface area contributed by atoms with Crippen LogP contribution in [0, 0.1) is 0 Å². The number of rotatable bonds is 7. The van der Waals surface area contributed by atoms with Crippen molar-refractivity contribution in [2.45, 2.75) is 32.5 Å². The average molecular weight is 439 g/mol. The fourth-order valence-corrected chi connectivity index (χ4v) is 3.29. The number of anilines is 1. The Hall–Kier alpha value is -3.16. The monoisotopic (exact) mass is 438 g/mol. The van der Waals surface area contributed by atoms with E-state index in [-0.39, 0.29) is 36.1 Å². The Bertz CT molecular complexity index is 991. The molecule has 1 aliphatic heterocycles. The van der Waals surface area contributed by atoms with Crippen molar-refractivity contribution in [3.05, 3.63) is 65.4 Å². The second kappa shape index (κ2) is 9.97. The number of ether oxygens (including phenoxy) is 3. The van der Waals surface area contributed by atoms with Crippen LogP contribution in [0.15, 0.2) is 54.3 Å². The molecule has 32 heavy (non-hydrogen) atoms. The zero-order valence-electron chi connectivity index (χ0n) is 19.2. The van der Waals surface area contributed by atoms with Gasteiger partial charge >= 0.3 is 0 Å². The molecule has 0 saturated carbocycles. The summed E-state index contributed by atoms with van der Waals surface area (Å²) in [4.78, 5) is 27.5. The van der Waals surface area contributed by atoms with Crippen molar-refractivity contribution in [2.75, 3.05) is 32.2 Å². The highest BCUT2D eigenvalue weighted by molar-refractivity contribution is 6.12. The van der Waals surface area contributed by atoms with Gasteiger partial charge in [-0.2, -0.15) is 0 Å². The molecule has 2 aromatic rings. The molecule has 0 spiro atoms. The molecule has 1 heterocycles. The normalized spacial score (nSPS) is 15.0. The molecule has 2 amide bonds. The van der Waals surface area contributed by atoms with Crippen molar-refractivity contribution in [2.24, 2.45) is 0 Å². The standard InChI is InChI=1S/C25H30N2O5/c1-25(2,3)18-11-12-20-19(14-18)27(16-22(28)26-15-23(30-4)31-5)24(29)21(32-20)13-17-9-7-6-8-10-17/h6-14,23H,15-16H2,1-5H3,(H,26,28). The number of carbonyl (C=O) groups excluding carboxylic acids is 2. The Morgan fingerprint density at radius 1 is 1.12 bits per heavy atom. The Balaban J connectivity index is 1.93. The second-order valence-electron chi connectivity index (χ2n) is 8.55. The maximum Gasteiger partial charge on any atom is 0.294 e. The fraction of sp³-hybridized carbons (Fsp3) is 0.360. The number of nitrogens with zero attached hydrogens (tertiary/aromatic N) is 1. The Morgan fingerprint density at radius 2 is 1.81 bits per heavy atom. The molecule has 7 heteroatoms. The number of carbonyl (C=O) groups is 2. The summed E-state index contributed by atoms with van der Waals surface area (Å²) in [6.45, 7) is 6.29. The second-order valence-corrected chi connectivity index (χ2v) is 8.55. The van der Waals surface area contributed by atoms with Crippen LogP contribution in [0.2, 0.25) is 0 Å². The van der Waals surface area contributed by atoms with Gasteiger partial charge < -0.3 is 19.5 Å². The molecule has 2 aromatic carbocycles. The lowest BCUT2D eigenvalue weighted by molar-refractivity contribution is -0.127. The molecule has 0 aliphatic carbocycles. The molecule has 0 unspecified atom stereocenters. The van der Waals surface area contributed by atoms with Gasteiger partial charge in [0, 0.05) is 14.2 Å². The smallest absolute Gasteiger partial charge is 0.294 e. The molecule has 0 atom stereocenters. The van der Waals surface area contributed by atoms with E-state index in [2.05, 4.69) is 26.1 Å². The zero-order valence-corrected chi connectivity index (χ0v) is 19.2. The molecular weight excluding hydrogens is 408 g/mol. The quantitative estimate of drug-likeness (QED) is 0.529. The zero-order chi connectivity index (χ0) is 23.3. The Kier molecular flexibility index (Phi) is 7.33. The van der Waals surface area contributed by atoms with Crippen molar-refractivity contribution in [3.63, 3.8) is 0 Å². The highest BCUT2D eigenvalue weighted by Crippen LogP contribution is 2.39. The molecular formula is C25H30N2O5. The molecule has 1 N–H and O–H groups in total. The third kappa shape index (κ3) is 5.55. The van der Waals surface area contributed by atoms with Crippen LogP contribution < -0.4 is 15.0 Å². The van der Waals surface area contributed by atoms with Gasteiger partial charge in [0.25, 0.3) is 5.91 Å². The van der Waals surface area contributed by atoms with Gasteiger partial charge in [-0.25, -0.2) is 0 Å². The van der Waals surface area contributed by atoms with E-state index in [1.54, 1.807) is 6.08 Å². The number of nitrogens with one attached hydrogen (secondary N) is 1. The lowest BCUT2D eigenvalue weighted by Crippen LogP contribution is -2.46. The van der Waals surface area contributed by atoms with Gasteiger partial charge in [0.1, 0.15) is 6.54 Å². The maximum absolute atomic E-state index is 13.3. The van der Waals surface area contributed by atoms with Crippen LogP contribution in [-0.4, -0.2) is 45.4 Å². The fourth-order valence-electron chi connectivity index (χ4n) is 3.29. The minimum absolute atomic E-state index is 0.129. The van der Waals surface area contributed by atoms with Gasteiger partial charge in [-0.3, -0.25) is 14.5 Å². The van der Waals surface area contributed by atoms with E-state index in [0.29, 0.717) is 11.4 Å². The largest absolute Gasteiger partial charge is 0.449 e. The van der Waals surface area contributed by atoms with Crippen LogP contribution in [0.4, 0.5) is 5.69 Å². The summed E-state index contributed by atoms with van der Waals surface area (Å²) >= 11 is 0. The topological polar surface area (TPSA) is 77.1 Å². The van der Waals surface area contributed by atoms with E-state index in [1.807, 2.05) is 48.5 Å². The SMILES string of the molecule is COC(CNC(=O)CN1C(=O)C(=Cc2ccccc2)Oc2ccc(C(C)(C)C)cc21)OC. The van der Waals surface area contributed by atoms with Crippen LogP contribution in [0.25, 0.3) is 6.08 Å². The lowest BCUT2D eigenvalue weighted by atomic mass is 9.86. The molecule has 0 radical (unpaired) electrons. The first kappa shape index (κ1) is 23.5. The molecule has 0 fully saturated rings. The minimum atomic E-state index is -0.562. The lowest BCUT2D eigenvalue weighted by Gasteiger charge is -2.32. The molecule has 1 aliphatic rings. The predicted molar refractivity (Wildman–Crippen MR) is 123 cm³/mol. The maximum atomic E-state index is 13.3. The molecule has 0 saturated heterocycles. The molecule has 0 aromatic heterocycles. The first-order valence-corrected chi connectivity index (χ1v) is 10.5. The highest BCUT2D eigenvalue weighted by atomic mass is 16.7. The van der Waals surface area contributed by atoms with E-state index in [9.17, 15) is 9.59 Å². The van der Waals surface area contributed by atoms with Gasteiger partial charge in [0.2, 0.25) is 5.91 Å².